The Morgan fingerprint density at radius 2 is 2.19 bits per heavy atom. The first-order chi connectivity index (χ1) is 10.1. The Hall–Kier alpha value is -1.78. The van der Waals surface area contributed by atoms with Gasteiger partial charge in [0.2, 0.25) is 11.8 Å². The average Bonchev–Trinajstić information content (AvgIpc) is 3.01. The molecule has 114 valence electrons. The molecule has 1 aliphatic carbocycles. The number of nitrogens with one attached hydrogen (secondary N) is 1. The molecule has 5 heteroatoms. The number of nitrogens with zero attached hydrogens (tertiary/aromatic N) is 1. The van der Waals surface area contributed by atoms with E-state index in [4.69, 9.17) is 4.42 Å². The maximum atomic E-state index is 12.2. The van der Waals surface area contributed by atoms with Gasteiger partial charge in [-0.15, -0.1) is 0 Å². The van der Waals surface area contributed by atoms with Gasteiger partial charge in [-0.05, 0) is 31.4 Å². The van der Waals surface area contributed by atoms with E-state index < -0.39 is 0 Å². The number of furan rings is 1. The highest BCUT2D eigenvalue weighted by Gasteiger charge is 2.36. The zero-order chi connectivity index (χ0) is 15.0. The minimum absolute atomic E-state index is 0.0232. The fourth-order valence-corrected chi connectivity index (χ4v) is 2.94. The molecule has 3 rings (SSSR count). The molecule has 5 nitrogen and oxygen atoms in total. The third-order valence-electron chi connectivity index (χ3n) is 4.56. The summed E-state index contributed by atoms with van der Waals surface area (Å²) >= 11 is 0. The summed E-state index contributed by atoms with van der Waals surface area (Å²) in [6, 6.07) is 3.64. The highest BCUT2D eigenvalue weighted by Crippen LogP contribution is 2.47. The molecule has 0 aromatic carbocycles. The molecule has 0 spiro atoms. The Kier molecular flexibility index (Phi) is 3.74. The van der Waals surface area contributed by atoms with Gasteiger partial charge in [-0.2, -0.15) is 0 Å². The van der Waals surface area contributed by atoms with Gasteiger partial charge in [0.1, 0.15) is 17.6 Å². The molecule has 1 aromatic heterocycles. The molecule has 2 aliphatic rings. The third-order valence-corrected chi connectivity index (χ3v) is 4.56. The van der Waals surface area contributed by atoms with Crippen LogP contribution in [0.15, 0.2) is 16.5 Å². The van der Waals surface area contributed by atoms with Crippen molar-refractivity contribution < 1.29 is 14.0 Å². The van der Waals surface area contributed by atoms with Gasteiger partial charge in [-0.25, -0.2) is 0 Å². The first-order valence-corrected chi connectivity index (χ1v) is 7.72. The second-order valence-corrected chi connectivity index (χ2v) is 6.18. The van der Waals surface area contributed by atoms with Crippen LogP contribution in [0.3, 0.4) is 0 Å². The van der Waals surface area contributed by atoms with E-state index in [0.717, 1.165) is 17.4 Å². The molecule has 1 aromatic rings. The Morgan fingerprint density at radius 1 is 1.43 bits per heavy atom. The van der Waals surface area contributed by atoms with Crippen LogP contribution in [0.2, 0.25) is 0 Å². The van der Waals surface area contributed by atoms with Crippen LogP contribution in [0.25, 0.3) is 0 Å². The zero-order valence-corrected chi connectivity index (χ0v) is 12.6. The lowest BCUT2D eigenvalue weighted by atomic mass is 10.1. The van der Waals surface area contributed by atoms with Crippen molar-refractivity contribution in [3.63, 3.8) is 0 Å². The largest absolute Gasteiger partial charge is 0.466 e. The van der Waals surface area contributed by atoms with E-state index in [0.29, 0.717) is 31.8 Å². The Balaban J connectivity index is 1.53. The zero-order valence-electron chi connectivity index (χ0n) is 12.6. The minimum atomic E-state index is -0.370. The highest BCUT2D eigenvalue weighted by molar-refractivity contribution is 5.88. The predicted molar refractivity (Wildman–Crippen MR) is 77.7 cm³/mol. The van der Waals surface area contributed by atoms with Crippen LogP contribution in [0, 0.1) is 5.92 Å². The van der Waals surface area contributed by atoms with Gasteiger partial charge in [0.15, 0.2) is 0 Å². The third kappa shape index (κ3) is 2.96. The van der Waals surface area contributed by atoms with Gasteiger partial charge in [0.05, 0.1) is 0 Å². The predicted octanol–water partition coefficient (Wildman–Crippen LogP) is 1.68. The lowest BCUT2D eigenvalue weighted by Crippen LogP contribution is -2.55. The van der Waals surface area contributed by atoms with E-state index in [9.17, 15) is 9.59 Å². The second-order valence-electron chi connectivity index (χ2n) is 6.18. The summed E-state index contributed by atoms with van der Waals surface area (Å²) in [5, 5.41) is 2.77. The molecule has 1 N–H and O–H groups in total. The molecule has 1 aliphatic heterocycles. The summed E-state index contributed by atoms with van der Waals surface area (Å²) in [4.78, 5) is 25.5. The monoisotopic (exact) mass is 290 g/mol. The molecule has 21 heavy (non-hydrogen) atoms. The van der Waals surface area contributed by atoms with Crippen molar-refractivity contribution in [1.29, 1.82) is 0 Å². The van der Waals surface area contributed by atoms with E-state index in [1.54, 1.807) is 11.8 Å². The van der Waals surface area contributed by atoms with Gasteiger partial charge >= 0.3 is 0 Å². The molecule has 2 amide bonds. The molecule has 2 fully saturated rings. The normalized spacial score (nSPS) is 28.4. The quantitative estimate of drug-likeness (QED) is 0.917. The minimum Gasteiger partial charge on any atom is -0.466 e. The number of piperazine rings is 1. The number of amides is 2. The van der Waals surface area contributed by atoms with Crippen molar-refractivity contribution in [3.05, 3.63) is 23.7 Å². The summed E-state index contributed by atoms with van der Waals surface area (Å²) in [5.41, 5.74) is 0. The maximum absolute atomic E-state index is 12.2. The number of aryl methyl sites for hydroxylation is 1. The second kappa shape index (κ2) is 5.54. The fourth-order valence-electron chi connectivity index (χ4n) is 2.94. The van der Waals surface area contributed by atoms with Crippen molar-refractivity contribution in [3.8, 4) is 0 Å². The SMILES string of the molecule is CC1CC1c1ccc(CCC(=O)N2CCNC(=O)C2C)o1. The molecule has 3 unspecified atom stereocenters. The molecule has 1 saturated heterocycles. The first kappa shape index (κ1) is 14.2. The van der Waals surface area contributed by atoms with Gasteiger partial charge < -0.3 is 14.6 Å². The molecule has 1 saturated carbocycles. The summed E-state index contributed by atoms with van der Waals surface area (Å²) in [5.74, 6) is 3.16. The van der Waals surface area contributed by atoms with Crippen molar-refractivity contribution in [1.82, 2.24) is 10.2 Å². The van der Waals surface area contributed by atoms with Gasteiger partial charge in [0, 0.05) is 31.8 Å². The number of hydrogen-bond acceptors (Lipinski definition) is 3. The number of carbonyl (C=O) groups excluding carboxylic acids is 2. The van der Waals surface area contributed by atoms with Crippen molar-refractivity contribution in [2.75, 3.05) is 13.1 Å². The average molecular weight is 290 g/mol. The lowest BCUT2D eigenvalue weighted by molar-refractivity contribution is -0.142. The lowest BCUT2D eigenvalue weighted by Gasteiger charge is -2.32. The van der Waals surface area contributed by atoms with E-state index in [1.807, 2.05) is 12.1 Å². The number of carbonyl (C=O) groups is 2. The van der Waals surface area contributed by atoms with Crippen LogP contribution < -0.4 is 5.32 Å². The molecule has 3 atom stereocenters. The molecular formula is C16H22N2O3. The summed E-state index contributed by atoms with van der Waals surface area (Å²) < 4.78 is 5.81. The van der Waals surface area contributed by atoms with Crippen molar-refractivity contribution in [2.45, 2.75) is 45.1 Å². The van der Waals surface area contributed by atoms with Crippen LogP contribution in [0.1, 0.15) is 44.1 Å². The molecule has 0 bridgehead atoms. The number of rotatable bonds is 4. The summed E-state index contributed by atoms with van der Waals surface area (Å²) in [6.45, 7) is 5.12. The number of hydrogen-bond donors (Lipinski definition) is 1. The summed E-state index contributed by atoms with van der Waals surface area (Å²) in [7, 11) is 0. The Morgan fingerprint density at radius 3 is 2.90 bits per heavy atom. The van der Waals surface area contributed by atoms with Crippen LogP contribution >= 0.6 is 0 Å². The van der Waals surface area contributed by atoms with Crippen molar-refractivity contribution in [2.24, 2.45) is 5.92 Å². The fraction of sp³-hybridized carbons (Fsp3) is 0.625. The van der Waals surface area contributed by atoms with Crippen LogP contribution in [-0.4, -0.2) is 35.8 Å². The van der Waals surface area contributed by atoms with E-state index in [1.165, 1.54) is 6.42 Å². The van der Waals surface area contributed by atoms with Crippen LogP contribution in [0.5, 0.6) is 0 Å². The Bertz CT molecular complexity index is 551. The van der Waals surface area contributed by atoms with E-state index >= 15 is 0 Å². The summed E-state index contributed by atoms with van der Waals surface area (Å²) in [6.07, 6.45) is 2.20. The van der Waals surface area contributed by atoms with E-state index in [-0.39, 0.29) is 17.9 Å². The Labute approximate surface area is 124 Å². The van der Waals surface area contributed by atoms with Crippen LogP contribution in [-0.2, 0) is 16.0 Å². The topological polar surface area (TPSA) is 62.6 Å². The smallest absolute Gasteiger partial charge is 0.242 e. The van der Waals surface area contributed by atoms with Gasteiger partial charge in [-0.3, -0.25) is 9.59 Å². The van der Waals surface area contributed by atoms with Crippen LogP contribution in [0.4, 0.5) is 0 Å². The van der Waals surface area contributed by atoms with Gasteiger partial charge in [0.25, 0.3) is 0 Å². The van der Waals surface area contributed by atoms with Gasteiger partial charge in [-0.1, -0.05) is 6.92 Å². The highest BCUT2D eigenvalue weighted by atomic mass is 16.3. The maximum Gasteiger partial charge on any atom is 0.242 e. The van der Waals surface area contributed by atoms with E-state index in [2.05, 4.69) is 12.2 Å². The molecular weight excluding hydrogens is 268 g/mol. The molecule has 0 radical (unpaired) electrons. The molecule has 2 heterocycles. The first-order valence-electron chi connectivity index (χ1n) is 7.72. The van der Waals surface area contributed by atoms with Crippen molar-refractivity contribution >= 4 is 11.8 Å². The standard InChI is InChI=1S/C16H22N2O3/c1-10-9-13(10)14-5-3-12(21-14)4-6-15(19)18-8-7-17-16(20)11(18)2/h3,5,10-11,13H,4,6-9H2,1-2H3,(H,17,20).